The van der Waals surface area contributed by atoms with Crippen molar-refractivity contribution in [1.82, 2.24) is 0 Å². The zero-order valence-corrected chi connectivity index (χ0v) is 8.67. The van der Waals surface area contributed by atoms with Crippen molar-refractivity contribution in [3.63, 3.8) is 0 Å². The van der Waals surface area contributed by atoms with Gasteiger partial charge in [-0.05, 0) is 43.5 Å². The van der Waals surface area contributed by atoms with Crippen molar-refractivity contribution in [2.75, 3.05) is 5.32 Å². The van der Waals surface area contributed by atoms with E-state index in [1.807, 2.05) is 24.3 Å². The minimum atomic E-state index is -0.203. The van der Waals surface area contributed by atoms with Crippen LogP contribution < -0.4 is 5.32 Å². The fraction of sp³-hybridized carbons (Fsp3) is 0.455. The van der Waals surface area contributed by atoms with E-state index in [4.69, 9.17) is 11.6 Å². The Bertz CT molecular complexity index is 299. The molecule has 1 saturated carbocycles. The molecule has 0 aromatic heterocycles. The molecule has 0 radical (unpaired) electrons. The standard InChI is InChI=1S/C11H14ClNO/c12-8-4-6-9(7-5-8)13-10-2-1-3-11(10)14/h4-7,10-11,13-14H,1-3H2/t10-,11-/m1/s1. The van der Waals surface area contributed by atoms with Crippen LogP contribution in [0.3, 0.4) is 0 Å². The van der Waals surface area contributed by atoms with Crippen molar-refractivity contribution in [1.29, 1.82) is 0 Å². The average molecular weight is 212 g/mol. The van der Waals surface area contributed by atoms with Crippen molar-refractivity contribution in [2.24, 2.45) is 0 Å². The van der Waals surface area contributed by atoms with Crippen LogP contribution in [0, 0.1) is 0 Å². The Labute approximate surface area is 88.9 Å². The summed E-state index contributed by atoms with van der Waals surface area (Å²) in [6, 6.07) is 7.79. The van der Waals surface area contributed by atoms with Gasteiger partial charge in [0.05, 0.1) is 12.1 Å². The number of hydrogen-bond donors (Lipinski definition) is 2. The predicted octanol–water partition coefficient (Wildman–Crippen LogP) is 2.67. The van der Waals surface area contributed by atoms with E-state index in [1.165, 1.54) is 0 Å². The maximum atomic E-state index is 9.62. The first kappa shape index (κ1) is 9.81. The van der Waals surface area contributed by atoms with Crippen molar-refractivity contribution >= 4 is 17.3 Å². The summed E-state index contributed by atoms with van der Waals surface area (Å²) in [5.41, 5.74) is 1.03. The van der Waals surface area contributed by atoms with E-state index >= 15 is 0 Å². The van der Waals surface area contributed by atoms with E-state index in [-0.39, 0.29) is 12.1 Å². The lowest BCUT2D eigenvalue weighted by Crippen LogP contribution is -2.27. The minimum absolute atomic E-state index is 0.203. The lowest BCUT2D eigenvalue weighted by Gasteiger charge is -2.17. The zero-order chi connectivity index (χ0) is 9.97. The Morgan fingerprint density at radius 2 is 1.93 bits per heavy atom. The Balaban J connectivity index is 2.00. The van der Waals surface area contributed by atoms with Crippen LogP contribution in [0.5, 0.6) is 0 Å². The lowest BCUT2D eigenvalue weighted by molar-refractivity contribution is 0.172. The Kier molecular flexibility index (Phi) is 2.94. The third-order valence-electron chi connectivity index (χ3n) is 2.68. The number of hydrogen-bond acceptors (Lipinski definition) is 2. The molecular weight excluding hydrogens is 198 g/mol. The molecule has 0 amide bonds. The molecule has 14 heavy (non-hydrogen) atoms. The number of nitrogens with one attached hydrogen (secondary N) is 1. The molecule has 1 fully saturated rings. The molecule has 0 heterocycles. The molecule has 2 nitrogen and oxygen atoms in total. The van der Waals surface area contributed by atoms with Gasteiger partial charge in [0.15, 0.2) is 0 Å². The average Bonchev–Trinajstić information content (AvgIpc) is 2.56. The van der Waals surface area contributed by atoms with Gasteiger partial charge in [-0.3, -0.25) is 0 Å². The Morgan fingerprint density at radius 3 is 2.50 bits per heavy atom. The summed E-state index contributed by atoms with van der Waals surface area (Å²) in [5.74, 6) is 0. The highest BCUT2D eigenvalue weighted by molar-refractivity contribution is 6.30. The molecule has 3 heteroatoms. The summed E-state index contributed by atoms with van der Waals surface area (Å²) < 4.78 is 0. The fourth-order valence-electron chi connectivity index (χ4n) is 1.87. The predicted molar refractivity (Wildman–Crippen MR) is 58.7 cm³/mol. The van der Waals surface area contributed by atoms with E-state index in [9.17, 15) is 5.11 Å². The summed E-state index contributed by atoms with van der Waals surface area (Å²) >= 11 is 5.78. The van der Waals surface area contributed by atoms with E-state index in [2.05, 4.69) is 5.32 Å². The Morgan fingerprint density at radius 1 is 1.21 bits per heavy atom. The molecule has 0 spiro atoms. The molecule has 1 aliphatic rings. The maximum Gasteiger partial charge on any atom is 0.0741 e. The fourth-order valence-corrected chi connectivity index (χ4v) is 2.00. The van der Waals surface area contributed by atoms with Crippen LogP contribution in [0.15, 0.2) is 24.3 Å². The molecule has 2 atom stereocenters. The van der Waals surface area contributed by atoms with E-state index in [0.29, 0.717) is 0 Å². The van der Waals surface area contributed by atoms with E-state index in [1.54, 1.807) is 0 Å². The molecule has 1 aliphatic carbocycles. The van der Waals surface area contributed by atoms with Crippen molar-refractivity contribution in [3.05, 3.63) is 29.3 Å². The summed E-state index contributed by atoms with van der Waals surface area (Å²) in [5, 5.41) is 13.7. The SMILES string of the molecule is O[C@@H]1CCC[C@H]1Nc1ccc(Cl)cc1. The molecule has 76 valence electrons. The summed E-state index contributed by atoms with van der Waals surface area (Å²) in [7, 11) is 0. The number of benzene rings is 1. The van der Waals surface area contributed by atoms with Crippen LogP contribution in [-0.2, 0) is 0 Å². The highest BCUT2D eigenvalue weighted by atomic mass is 35.5. The first-order valence-electron chi connectivity index (χ1n) is 4.96. The van der Waals surface area contributed by atoms with Crippen LogP contribution in [0.1, 0.15) is 19.3 Å². The first-order chi connectivity index (χ1) is 6.75. The van der Waals surface area contributed by atoms with Crippen LogP contribution >= 0.6 is 11.6 Å². The lowest BCUT2D eigenvalue weighted by atomic mass is 10.2. The molecule has 1 aromatic rings. The smallest absolute Gasteiger partial charge is 0.0741 e. The molecule has 0 saturated heterocycles. The number of aliphatic hydroxyl groups is 1. The van der Waals surface area contributed by atoms with Gasteiger partial charge in [0.1, 0.15) is 0 Å². The maximum absolute atomic E-state index is 9.62. The quantitative estimate of drug-likeness (QED) is 0.789. The normalized spacial score (nSPS) is 26.4. The third-order valence-corrected chi connectivity index (χ3v) is 2.93. The molecule has 0 bridgehead atoms. The first-order valence-corrected chi connectivity index (χ1v) is 5.34. The number of rotatable bonds is 2. The van der Waals surface area contributed by atoms with Crippen molar-refractivity contribution in [3.8, 4) is 0 Å². The van der Waals surface area contributed by atoms with Gasteiger partial charge >= 0.3 is 0 Å². The molecule has 1 aromatic carbocycles. The van der Waals surface area contributed by atoms with Crippen LogP contribution in [0.4, 0.5) is 5.69 Å². The van der Waals surface area contributed by atoms with Gasteiger partial charge in [0, 0.05) is 10.7 Å². The van der Waals surface area contributed by atoms with Gasteiger partial charge < -0.3 is 10.4 Å². The summed E-state index contributed by atoms with van der Waals surface area (Å²) in [4.78, 5) is 0. The van der Waals surface area contributed by atoms with Gasteiger partial charge in [-0.15, -0.1) is 0 Å². The second-order valence-corrected chi connectivity index (χ2v) is 4.19. The van der Waals surface area contributed by atoms with Gasteiger partial charge in [-0.2, -0.15) is 0 Å². The summed E-state index contributed by atoms with van der Waals surface area (Å²) in [6.07, 6.45) is 2.85. The number of aliphatic hydroxyl groups excluding tert-OH is 1. The molecule has 0 aliphatic heterocycles. The molecule has 2 N–H and O–H groups in total. The third kappa shape index (κ3) is 2.20. The van der Waals surface area contributed by atoms with Gasteiger partial charge in [0.25, 0.3) is 0 Å². The summed E-state index contributed by atoms with van der Waals surface area (Å²) in [6.45, 7) is 0. The van der Waals surface area contributed by atoms with Gasteiger partial charge in [-0.25, -0.2) is 0 Å². The molecule has 2 rings (SSSR count). The van der Waals surface area contributed by atoms with Crippen LogP contribution in [-0.4, -0.2) is 17.3 Å². The van der Waals surface area contributed by atoms with Crippen LogP contribution in [0.2, 0.25) is 5.02 Å². The van der Waals surface area contributed by atoms with Gasteiger partial charge in [-0.1, -0.05) is 11.6 Å². The van der Waals surface area contributed by atoms with Crippen LogP contribution in [0.25, 0.3) is 0 Å². The molecule has 0 unspecified atom stereocenters. The van der Waals surface area contributed by atoms with Crippen molar-refractivity contribution < 1.29 is 5.11 Å². The number of anilines is 1. The topological polar surface area (TPSA) is 32.3 Å². The van der Waals surface area contributed by atoms with Crippen molar-refractivity contribution in [2.45, 2.75) is 31.4 Å². The largest absolute Gasteiger partial charge is 0.391 e. The van der Waals surface area contributed by atoms with Gasteiger partial charge in [0.2, 0.25) is 0 Å². The highest BCUT2D eigenvalue weighted by Gasteiger charge is 2.24. The highest BCUT2D eigenvalue weighted by Crippen LogP contribution is 2.23. The number of halogens is 1. The van der Waals surface area contributed by atoms with E-state index < -0.39 is 0 Å². The zero-order valence-electron chi connectivity index (χ0n) is 7.91. The molecular formula is C11H14ClNO. The van der Waals surface area contributed by atoms with E-state index in [0.717, 1.165) is 30.0 Å². The Hall–Kier alpha value is -0.730. The second kappa shape index (κ2) is 4.20. The monoisotopic (exact) mass is 211 g/mol. The second-order valence-electron chi connectivity index (χ2n) is 3.76. The minimum Gasteiger partial charge on any atom is -0.391 e.